The molecule has 9 aromatic rings. The van der Waals surface area contributed by atoms with Gasteiger partial charge in [-0.2, -0.15) is 0 Å². The van der Waals surface area contributed by atoms with Crippen molar-refractivity contribution in [2.45, 2.75) is 12.3 Å². The molecule has 10 rings (SSSR count). The Balaban J connectivity index is 1.24. The number of rotatable bonds is 5. The molecule has 1 unspecified atom stereocenters. The van der Waals surface area contributed by atoms with Gasteiger partial charge in [-0.1, -0.05) is 140 Å². The van der Waals surface area contributed by atoms with Gasteiger partial charge in [0.25, 0.3) is 0 Å². The quantitative estimate of drug-likeness (QED) is 0.188. The number of nitrogens with zero attached hydrogens (tertiary/aromatic N) is 4. The van der Waals surface area contributed by atoms with Crippen molar-refractivity contribution in [1.82, 2.24) is 19.1 Å². The van der Waals surface area contributed by atoms with Crippen molar-refractivity contribution in [3.8, 4) is 28.3 Å². The van der Waals surface area contributed by atoms with Crippen molar-refractivity contribution in [3.63, 3.8) is 0 Å². The Morgan fingerprint density at radius 2 is 1.06 bits per heavy atom. The first-order valence-electron chi connectivity index (χ1n) is 17.2. The van der Waals surface area contributed by atoms with Crippen LogP contribution < -0.4 is 0 Å². The van der Waals surface area contributed by atoms with Gasteiger partial charge in [0.2, 0.25) is 0 Å². The van der Waals surface area contributed by atoms with Crippen LogP contribution in [0.15, 0.2) is 176 Å². The van der Waals surface area contributed by atoms with E-state index in [2.05, 4.69) is 161 Å². The maximum atomic E-state index is 5.22. The number of aromatic nitrogens is 4. The SMILES string of the molecule is C1=CC(n2c3ccccc3c3ccc4c5ccccc5n(-c5ccccc5)c4c32)=CC(c2cc(-c3ccccc3)nc(-c3ccccc3)n2)C1. The highest BCUT2D eigenvalue weighted by atomic mass is 15.0. The summed E-state index contributed by atoms with van der Waals surface area (Å²) < 4.78 is 4.92. The minimum atomic E-state index is 0.0679. The Labute approximate surface area is 289 Å². The summed E-state index contributed by atoms with van der Waals surface area (Å²) in [5, 5.41) is 4.97. The fourth-order valence-electron chi connectivity index (χ4n) is 7.76. The van der Waals surface area contributed by atoms with Crippen LogP contribution in [0.5, 0.6) is 0 Å². The molecule has 0 fully saturated rings. The first kappa shape index (κ1) is 28.5. The highest BCUT2D eigenvalue weighted by Gasteiger charge is 2.24. The van der Waals surface area contributed by atoms with E-state index in [0.29, 0.717) is 0 Å². The van der Waals surface area contributed by atoms with Crippen LogP contribution in [0.4, 0.5) is 0 Å². The number of hydrogen-bond acceptors (Lipinski definition) is 2. The molecule has 50 heavy (non-hydrogen) atoms. The van der Waals surface area contributed by atoms with Crippen molar-refractivity contribution in [2.24, 2.45) is 0 Å². The third-order valence-corrected chi connectivity index (χ3v) is 10.0. The van der Waals surface area contributed by atoms with E-state index < -0.39 is 0 Å². The van der Waals surface area contributed by atoms with Gasteiger partial charge < -0.3 is 9.13 Å². The molecule has 0 radical (unpaired) electrons. The van der Waals surface area contributed by atoms with Crippen molar-refractivity contribution in [3.05, 3.63) is 182 Å². The van der Waals surface area contributed by atoms with Gasteiger partial charge in [0.1, 0.15) is 0 Å². The molecular weight excluding hydrogens is 609 g/mol. The van der Waals surface area contributed by atoms with Crippen molar-refractivity contribution in [2.75, 3.05) is 0 Å². The minimum absolute atomic E-state index is 0.0679. The van der Waals surface area contributed by atoms with E-state index in [1.54, 1.807) is 0 Å². The van der Waals surface area contributed by atoms with E-state index in [0.717, 1.165) is 46.1 Å². The molecule has 1 aliphatic rings. The molecule has 3 aromatic heterocycles. The lowest BCUT2D eigenvalue weighted by atomic mass is 9.94. The zero-order valence-electron chi connectivity index (χ0n) is 27.3. The van der Waals surface area contributed by atoms with Crippen LogP contribution >= 0.6 is 0 Å². The lowest BCUT2D eigenvalue weighted by Crippen LogP contribution is -2.07. The van der Waals surface area contributed by atoms with E-state index in [4.69, 9.17) is 9.97 Å². The predicted molar refractivity (Wildman–Crippen MR) is 207 cm³/mol. The summed E-state index contributed by atoms with van der Waals surface area (Å²) in [7, 11) is 0. The second-order valence-corrected chi connectivity index (χ2v) is 13.0. The van der Waals surface area contributed by atoms with E-state index >= 15 is 0 Å². The normalized spacial score (nSPS) is 14.6. The Hall–Kier alpha value is -6.52. The zero-order valence-corrected chi connectivity index (χ0v) is 27.3. The summed E-state index contributed by atoms with van der Waals surface area (Å²) in [6, 6.07) is 55.8. The third-order valence-electron chi connectivity index (χ3n) is 10.0. The number of hydrogen-bond donors (Lipinski definition) is 0. The van der Waals surface area contributed by atoms with E-state index in [1.165, 1.54) is 43.6 Å². The maximum Gasteiger partial charge on any atom is 0.160 e. The lowest BCUT2D eigenvalue weighted by molar-refractivity contribution is 0.808. The molecule has 0 amide bonds. The Kier molecular flexibility index (Phi) is 6.59. The Morgan fingerprint density at radius 1 is 0.500 bits per heavy atom. The van der Waals surface area contributed by atoms with Gasteiger partial charge in [0, 0.05) is 50.0 Å². The minimum Gasteiger partial charge on any atom is -0.307 e. The second-order valence-electron chi connectivity index (χ2n) is 13.0. The zero-order chi connectivity index (χ0) is 33.0. The molecule has 0 saturated carbocycles. The van der Waals surface area contributed by atoms with Gasteiger partial charge in [0.15, 0.2) is 5.82 Å². The summed E-state index contributed by atoms with van der Waals surface area (Å²) in [6.45, 7) is 0. The summed E-state index contributed by atoms with van der Waals surface area (Å²) in [5.41, 5.74) is 11.2. The molecule has 0 spiro atoms. The number of benzene rings is 6. The second kappa shape index (κ2) is 11.6. The highest BCUT2D eigenvalue weighted by molar-refractivity contribution is 6.24. The van der Waals surface area contributed by atoms with E-state index in [-0.39, 0.29) is 5.92 Å². The van der Waals surface area contributed by atoms with Crippen molar-refractivity contribution >= 4 is 49.3 Å². The van der Waals surface area contributed by atoms with E-state index in [1.807, 2.05) is 24.3 Å². The Bertz CT molecular complexity index is 2710. The van der Waals surface area contributed by atoms with Crippen LogP contribution in [-0.2, 0) is 0 Å². The van der Waals surface area contributed by atoms with Crippen LogP contribution in [0.2, 0.25) is 0 Å². The first-order chi connectivity index (χ1) is 24.8. The molecule has 236 valence electrons. The summed E-state index contributed by atoms with van der Waals surface area (Å²) in [4.78, 5) is 10.3. The highest BCUT2D eigenvalue weighted by Crippen LogP contribution is 2.43. The topological polar surface area (TPSA) is 35.6 Å². The van der Waals surface area contributed by atoms with Gasteiger partial charge in [-0.15, -0.1) is 0 Å². The van der Waals surface area contributed by atoms with Gasteiger partial charge in [0.05, 0.1) is 33.5 Å². The van der Waals surface area contributed by atoms with E-state index in [9.17, 15) is 0 Å². The van der Waals surface area contributed by atoms with Gasteiger partial charge >= 0.3 is 0 Å². The van der Waals surface area contributed by atoms with Crippen molar-refractivity contribution in [1.29, 1.82) is 0 Å². The number of fused-ring (bicyclic) bond motifs is 7. The third kappa shape index (κ3) is 4.53. The molecule has 1 atom stereocenters. The molecule has 4 heteroatoms. The van der Waals surface area contributed by atoms with Crippen LogP contribution in [-0.4, -0.2) is 19.1 Å². The van der Waals surface area contributed by atoms with Crippen LogP contribution in [0.25, 0.3) is 77.6 Å². The Morgan fingerprint density at radius 3 is 1.74 bits per heavy atom. The average molecular weight is 641 g/mol. The molecule has 4 nitrogen and oxygen atoms in total. The van der Waals surface area contributed by atoms with Gasteiger partial charge in [-0.25, -0.2) is 9.97 Å². The maximum absolute atomic E-state index is 5.22. The summed E-state index contributed by atoms with van der Waals surface area (Å²) in [6.07, 6.45) is 7.86. The van der Waals surface area contributed by atoms with Crippen LogP contribution in [0.3, 0.4) is 0 Å². The summed E-state index contributed by atoms with van der Waals surface area (Å²) >= 11 is 0. The molecule has 3 heterocycles. The molecular formula is C46H32N4. The fourth-order valence-corrected chi connectivity index (χ4v) is 7.76. The van der Waals surface area contributed by atoms with Crippen molar-refractivity contribution < 1.29 is 0 Å². The fraction of sp³-hybridized carbons (Fsp3) is 0.0435. The van der Waals surface area contributed by atoms with Gasteiger partial charge in [-0.3, -0.25) is 0 Å². The smallest absolute Gasteiger partial charge is 0.160 e. The molecule has 6 aromatic carbocycles. The largest absolute Gasteiger partial charge is 0.307 e. The van der Waals surface area contributed by atoms with Crippen LogP contribution in [0.1, 0.15) is 18.0 Å². The van der Waals surface area contributed by atoms with Gasteiger partial charge in [-0.05, 0) is 42.8 Å². The average Bonchev–Trinajstić information content (AvgIpc) is 3.72. The molecule has 0 aliphatic heterocycles. The monoisotopic (exact) mass is 640 g/mol. The van der Waals surface area contributed by atoms with Crippen LogP contribution in [0, 0.1) is 0 Å². The molecule has 0 saturated heterocycles. The predicted octanol–water partition coefficient (Wildman–Crippen LogP) is 11.6. The molecule has 1 aliphatic carbocycles. The molecule has 0 bridgehead atoms. The lowest BCUT2D eigenvalue weighted by Gasteiger charge is -2.20. The first-order valence-corrected chi connectivity index (χ1v) is 17.2. The number of allylic oxidation sites excluding steroid dienone is 4. The number of para-hydroxylation sites is 3. The summed E-state index contributed by atoms with van der Waals surface area (Å²) in [5.74, 6) is 0.815. The molecule has 0 N–H and O–H groups in total. The standard InChI is InChI=1S/C46H32N4/c1-4-15-31(16-5-1)40-30-41(48-46(47-40)32-17-6-2-7-18-32)33-19-14-22-35(29-33)50-43-26-13-11-24-37(43)39-28-27-38-36-23-10-12-25-42(36)49(44(38)45(39)50)34-20-8-3-9-21-34/h1-18,20-30,33H,19H2.